The van der Waals surface area contributed by atoms with Gasteiger partial charge >= 0.3 is 6.03 Å². The van der Waals surface area contributed by atoms with E-state index < -0.39 is 12.0 Å². The Morgan fingerprint density at radius 2 is 1.66 bits per heavy atom. The average Bonchev–Trinajstić information content (AvgIpc) is 3.06. The van der Waals surface area contributed by atoms with Gasteiger partial charge in [-0.05, 0) is 37.1 Å². The Balaban J connectivity index is 1.82. The molecule has 1 N–H and O–H groups in total. The number of carbonyl (C=O) groups is 2. The summed E-state index contributed by atoms with van der Waals surface area (Å²) in [6.45, 7) is 6.12. The highest BCUT2D eigenvalue weighted by Gasteiger charge is 2.45. The quantitative estimate of drug-likeness (QED) is 0.690. The maximum absolute atomic E-state index is 13.4. The van der Waals surface area contributed by atoms with Crippen molar-refractivity contribution in [1.82, 2.24) is 4.90 Å². The molecule has 1 heterocycles. The zero-order valence-corrected chi connectivity index (χ0v) is 17.9. The van der Waals surface area contributed by atoms with Crippen molar-refractivity contribution in [2.45, 2.75) is 37.8 Å². The minimum atomic E-state index is -0.843. The van der Waals surface area contributed by atoms with Crippen LogP contribution >= 0.6 is 11.8 Å². The molecule has 6 heteroatoms. The third-order valence-corrected chi connectivity index (χ3v) is 6.42. The van der Waals surface area contributed by atoms with Crippen LogP contribution in [-0.4, -0.2) is 46.4 Å². The van der Waals surface area contributed by atoms with Gasteiger partial charge in [0.05, 0.1) is 18.1 Å². The van der Waals surface area contributed by atoms with Crippen LogP contribution in [0.25, 0.3) is 0 Å². The number of hydrogen-bond acceptors (Lipinski definition) is 4. The van der Waals surface area contributed by atoms with Crippen molar-refractivity contribution in [1.29, 1.82) is 0 Å². The fraction of sp³-hybridized carbons (Fsp3) is 0.391. The van der Waals surface area contributed by atoms with Crippen LogP contribution in [0.5, 0.6) is 0 Å². The van der Waals surface area contributed by atoms with Crippen LogP contribution in [0.1, 0.15) is 20.8 Å². The van der Waals surface area contributed by atoms with E-state index >= 15 is 0 Å². The Morgan fingerprint density at radius 3 is 2.21 bits per heavy atom. The number of urea groups is 1. The lowest BCUT2D eigenvalue weighted by atomic mass is 10.00. The van der Waals surface area contributed by atoms with Crippen LogP contribution in [0, 0.1) is 11.8 Å². The van der Waals surface area contributed by atoms with Crippen molar-refractivity contribution in [3.05, 3.63) is 60.7 Å². The van der Waals surface area contributed by atoms with E-state index in [9.17, 15) is 14.7 Å². The first-order valence-corrected chi connectivity index (χ1v) is 10.9. The molecule has 3 rings (SSSR count). The van der Waals surface area contributed by atoms with Crippen molar-refractivity contribution in [2.75, 3.05) is 17.2 Å². The van der Waals surface area contributed by atoms with E-state index in [2.05, 4.69) is 0 Å². The second-order valence-corrected chi connectivity index (χ2v) is 8.81. The van der Waals surface area contributed by atoms with Crippen LogP contribution in [0.4, 0.5) is 10.5 Å². The lowest BCUT2D eigenvalue weighted by Gasteiger charge is -2.29. The molecule has 1 aliphatic rings. The molecule has 3 amide bonds. The molecule has 5 nitrogen and oxygen atoms in total. The maximum atomic E-state index is 13.4. The highest BCUT2D eigenvalue weighted by Crippen LogP contribution is 2.31. The smallest absolute Gasteiger partial charge is 0.331 e. The van der Waals surface area contributed by atoms with E-state index in [1.807, 2.05) is 74.5 Å². The minimum absolute atomic E-state index is 0.119. The van der Waals surface area contributed by atoms with Crippen molar-refractivity contribution in [3.63, 3.8) is 0 Å². The van der Waals surface area contributed by atoms with E-state index in [1.54, 1.807) is 11.8 Å². The van der Waals surface area contributed by atoms with Gasteiger partial charge < -0.3 is 5.11 Å². The topological polar surface area (TPSA) is 60.9 Å². The molecule has 1 saturated heterocycles. The molecule has 3 atom stereocenters. The van der Waals surface area contributed by atoms with Crippen LogP contribution < -0.4 is 4.90 Å². The maximum Gasteiger partial charge on any atom is 0.331 e. The number of amides is 3. The summed E-state index contributed by atoms with van der Waals surface area (Å²) in [5.74, 6) is -0.416. The first-order valence-electron chi connectivity index (χ1n) is 9.95. The van der Waals surface area contributed by atoms with E-state index in [1.165, 1.54) is 16.7 Å². The Labute approximate surface area is 176 Å². The highest BCUT2D eigenvalue weighted by atomic mass is 32.2. The first-order chi connectivity index (χ1) is 13.9. The summed E-state index contributed by atoms with van der Waals surface area (Å²) < 4.78 is 0. The number of aliphatic hydroxyl groups is 1. The molecular formula is C23H28N2O3S. The molecule has 0 bridgehead atoms. The van der Waals surface area contributed by atoms with Gasteiger partial charge in [0, 0.05) is 22.9 Å². The number of thioether (sulfide) groups is 1. The van der Waals surface area contributed by atoms with Crippen LogP contribution in [-0.2, 0) is 4.79 Å². The predicted molar refractivity (Wildman–Crippen MR) is 117 cm³/mol. The molecule has 0 unspecified atom stereocenters. The lowest BCUT2D eigenvalue weighted by molar-refractivity contribution is -0.136. The Kier molecular flexibility index (Phi) is 6.98. The number of carbonyl (C=O) groups excluding carboxylic acids is 2. The summed E-state index contributed by atoms with van der Waals surface area (Å²) in [6, 6.07) is 18.7. The predicted octanol–water partition coefficient (Wildman–Crippen LogP) is 4.27. The van der Waals surface area contributed by atoms with E-state index in [0.29, 0.717) is 12.3 Å². The van der Waals surface area contributed by atoms with Crippen LogP contribution in [0.2, 0.25) is 0 Å². The number of hydrogen-bond donors (Lipinski definition) is 1. The molecule has 29 heavy (non-hydrogen) atoms. The summed E-state index contributed by atoms with van der Waals surface area (Å²) in [5.41, 5.74) is 0.783. The SMILES string of the molecule is CC(C)[C@H]1CN(c2ccccc2)C(=O)N1C(=O)[C@@H](CSc1ccccc1)[C@@H](C)O. The third kappa shape index (κ3) is 4.82. The van der Waals surface area contributed by atoms with Gasteiger partial charge in [-0.2, -0.15) is 0 Å². The number of anilines is 1. The molecular weight excluding hydrogens is 384 g/mol. The van der Waals surface area contributed by atoms with E-state index in [4.69, 9.17) is 0 Å². The molecule has 0 saturated carbocycles. The van der Waals surface area contributed by atoms with Gasteiger partial charge in [-0.3, -0.25) is 14.6 Å². The second kappa shape index (κ2) is 9.46. The summed E-state index contributed by atoms with van der Waals surface area (Å²) in [4.78, 5) is 30.7. The molecule has 0 spiro atoms. The molecule has 2 aromatic rings. The first kappa shape index (κ1) is 21.4. The van der Waals surface area contributed by atoms with Crippen molar-refractivity contribution in [3.8, 4) is 0 Å². The van der Waals surface area contributed by atoms with E-state index in [0.717, 1.165) is 10.6 Å². The van der Waals surface area contributed by atoms with Crippen LogP contribution in [0.3, 0.4) is 0 Å². The zero-order chi connectivity index (χ0) is 21.0. The molecule has 1 fully saturated rings. The minimum Gasteiger partial charge on any atom is -0.393 e. The standard InChI is InChI=1S/C23H28N2O3S/c1-16(2)21-14-24(18-10-6-4-7-11-18)23(28)25(21)22(27)20(17(3)26)15-29-19-12-8-5-9-13-19/h4-13,16-17,20-21,26H,14-15H2,1-3H3/t17-,20+,21-/m1/s1. The number of para-hydroxylation sites is 1. The number of nitrogens with zero attached hydrogens (tertiary/aromatic N) is 2. The fourth-order valence-corrected chi connectivity index (χ4v) is 4.65. The molecule has 0 aliphatic carbocycles. The molecule has 0 radical (unpaired) electrons. The van der Waals surface area contributed by atoms with Crippen molar-refractivity contribution >= 4 is 29.4 Å². The number of rotatable bonds is 7. The van der Waals surface area contributed by atoms with Gasteiger partial charge in [-0.1, -0.05) is 50.2 Å². The number of aliphatic hydroxyl groups excluding tert-OH is 1. The van der Waals surface area contributed by atoms with Crippen molar-refractivity contribution < 1.29 is 14.7 Å². The Morgan fingerprint density at radius 1 is 1.07 bits per heavy atom. The van der Waals surface area contributed by atoms with Gasteiger partial charge in [0.2, 0.25) is 5.91 Å². The Hall–Kier alpha value is -2.31. The molecule has 1 aliphatic heterocycles. The monoisotopic (exact) mass is 412 g/mol. The third-order valence-electron chi connectivity index (χ3n) is 5.29. The van der Waals surface area contributed by atoms with Gasteiger partial charge in [0.25, 0.3) is 0 Å². The summed E-state index contributed by atoms with van der Waals surface area (Å²) in [5, 5.41) is 10.3. The summed E-state index contributed by atoms with van der Waals surface area (Å²) in [6.07, 6.45) is -0.843. The highest BCUT2D eigenvalue weighted by molar-refractivity contribution is 7.99. The Bertz CT molecular complexity index is 827. The van der Waals surface area contributed by atoms with Gasteiger partial charge in [0.1, 0.15) is 0 Å². The van der Waals surface area contributed by atoms with Gasteiger partial charge in [0.15, 0.2) is 0 Å². The molecule has 0 aromatic heterocycles. The summed E-state index contributed by atoms with van der Waals surface area (Å²) >= 11 is 1.52. The van der Waals surface area contributed by atoms with Crippen LogP contribution in [0.15, 0.2) is 65.6 Å². The molecule has 2 aromatic carbocycles. The number of imide groups is 1. The number of benzene rings is 2. The fourth-order valence-electron chi connectivity index (χ4n) is 3.51. The lowest BCUT2D eigenvalue weighted by Crippen LogP contribution is -2.48. The van der Waals surface area contributed by atoms with Gasteiger partial charge in [-0.25, -0.2) is 4.79 Å². The zero-order valence-electron chi connectivity index (χ0n) is 17.1. The largest absolute Gasteiger partial charge is 0.393 e. The summed E-state index contributed by atoms with van der Waals surface area (Å²) in [7, 11) is 0. The van der Waals surface area contributed by atoms with E-state index in [-0.39, 0.29) is 23.9 Å². The molecule has 154 valence electrons. The van der Waals surface area contributed by atoms with Gasteiger partial charge in [-0.15, -0.1) is 11.8 Å². The normalized spacial score (nSPS) is 18.9. The second-order valence-electron chi connectivity index (χ2n) is 7.72. The average molecular weight is 413 g/mol. The van der Waals surface area contributed by atoms with Crippen molar-refractivity contribution in [2.24, 2.45) is 11.8 Å².